The van der Waals surface area contributed by atoms with Crippen molar-refractivity contribution in [3.8, 4) is 6.07 Å². The average molecular weight is 231 g/mol. The first-order chi connectivity index (χ1) is 8.17. The number of hydrogen-bond donors (Lipinski definition) is 0. The van der Waals surface area contributed by atoms with E-state index in [1.54, 1.807) is 24.3 Å². The monoisotopic (exact) mass is 231 g/mol. The molecule has 17 heavy (non-hydrogen) atoms. The molecule has 1 aromatic rings. The van der Waals surface area contributed by atoms with E-state index in [4.69, 9.17) is 10.00 Å². The molecule has 0 saturated carbocycles. The van der Waals surface area contributed by atoms with Crippen LogP contribution in [0.2, 0.25) is 0 Å². The number of carbonyl (C=O) groups is 2. The first-order valence-corrected chi connectivity index (χ1v) is 5.21. The molecule has 0 radical (unpaired) electrons. The molecule has 0 aliphatic heterocycles. The highest BCUT2D eigenvalue weighted by atomic mass is 16.5. The lowest BCUT2D eigenvalue weighted by Gasteiger charge is -2.01. The summed E-state index contributed by atoms with van der Waals surface area (Å²) in [6, 6.07) is 8.21. The maximum absolute atomic E-state index is 11.7. The van der Waals surface area contributed by atoms with Gasteiger partial charge in [-0.05, 0) is 12.1 Å². The number of nitrogens with zero attached hydrogens (tertiary/aromatic N) is 1. The zero-order valence-corrected chi connectivity index (χ0v) is 9.60. The SMILES string of the molecule is COCCC(=O)CC(=O)c1ccc(C#N)cc1. The molecule has 0 amide bonds. The third kappa shape index (κ3) is 4.17. The minimum Gasteiger partial charge on any atom is -0.384 e. The molecule has 0 aliphatic carbocycles. The van der Waals surface area contributed by atoms with E-state index >= 15 is 0 Å². The van der Waals surface area contributed by atoms with Crippen LogP contribution in [0, 0.1) is 11.3 Å². The van der Waals surface area contributed by atoms with Crippen LogP contribution in [-0.2, 0) is 9.53 Å². The number of ketones is 2. The normalized spacial score (nSPS) is 9.65. The number of ether oxygens (including phenoxy) is 1. The Hall–Kier alpha value is -1.99. The molecular formula is C13H13NO3. The summed E-state index contributed by atoms with van der Waals surface area (Å²) >= 11 is 0. The van der Waals surface area contributed by atoms with Crippen LogP contribution in [0.4, 0.5) is 0 Å². The van der Waals surface area contributed by atoms with E-state index in [0.717, 1.165) is 0 Å². The number of methoxy groups -OCH3 is 1. The number of benzene rings is 1. The minimum atomic E-state index is -0.226. The third-order valence-electron chi connectivity index (χ3n) is 2.28. The quantitative estimate of drug-likeness (QED) is 0.552. The van der Waals surface area contributed by atoms with Gasteiger partial charge in [0, 0.05) is 19.1 Å². The highest BCUT2D eigenvalue weighted by molar-refractivity contribution is 6.07. The smallest absolute Gasteiger partial charge is 0.170 e. The lowest BCUT2D eigenvalue weighted by molar-refractivity contribution is -0.119. The molecular weight excluding hydrogens is 218 g/mol. The molecule has 0 atom stereocenters. The molecule has 0 aliphatic rings. The van der Waals surface area contributed by atoms with Gasteiger partial charge in [0.15, 0.2) is 5.78 Å². The van der Waals surface area contributed by atoms with Gasteiger partial charge >= 0.3 is 0 Å². The molecule has 1 aromatic carbocycles. The van der Waals surface area contributed by atoms with Crippen molar-refractivity contribution in [2.45, 2.75) is 12.8 Å². The van der Waals surface area contributed by atoms with Gasteiger partial charge in [-0.15, -0.1) is 0 Å². The Morgan fingerprint density at radius 2 is 1.94 bits per heavy atom. The van der Waals surface area contributed by atoms with Gasteiger partial charge < -0.3 is 4.74 Å². The van der Waals surface area contributed by atoms with E-state index in [1.807, 2.05) is 6.07 Å². The number of Topliss-reactive ketones (excluding diaryl/α,β-unsaturated/α-hetero) is 2. The zero-order valence-electron chi connectivity index (χ0n) is 9.60. The van der Waals surface area contributed by atoms with Crippen LogP contribution >= 0.6 is 0 Å². The number of rotatable bonds is 6. The van der Waals surface area contributed by atoms with Crippen LogP contribution in [0.25, 0.3) is 0 Å². The van der Waals surface area contributed by atoms with Gasteiger partial charge in [-0.1, -0.05) is 12.1 Å². The summed E-state index contributed by atoms with van der Waals surface area (Å²) in [5, 5.41) is 8.61. The lowest BCUT2D eigenvalue weighted by atomic mass is 10.0. The standard InChI is InChI=1S/C13H13NO3/c1-17-7-6-12(15)8-13(16)11-4-2-10(9-14)3-5-11/h2-5H,6-8H2,1H3. The molecule has 0 heterocycles. The Kier molecular flexibility index (Phi) is 5.05. The molecule has 0 fully saturated rings. The molecule has 0 spiro atoms. The highest BCUT2D eigenvalue weighted by Crippen LogP contribution is 2.07. The molecule has 1 rings (SSSR count). The summed E-state index contributed by atoms with van der Waals surface area (Å²) in [6.07, 6.45) is 0.133. The molecule has 0 N–H and O–H groups in total. The predicted octanol–water partition coefficient (Wildman–Crippen LogP) is 1.74. The maximum atomic E-state index is 11.7. The average Bonchev–Trinajstić information content (AvgIpc) is 2.36. The fourth-order valence-corrected chi connectivity index (χ4v) is 1.32. The molecule has 4 nitrogen and oxygen atoms in total. The van der Waals surface area contributed by atoms with Crippen molar-refractivity contribution >= 4 is 11.6 Å². The predicted molar refractivity (Wildman–Crippen MR) is 61.6 cm³/mol. The van der Waals surface area contributed by atoms with Gasteiger partial charge in [0.25, 0.3) is 0 Å². The molecule has 4 heteroatoms. The van der Waals surface area contributed by atoms with Crippen molar-refractivity contribution in [1.29, 1.82) is 5.26 Å². The van der Waals surface area contributed by atoms with Crippen molar-refractivity contribution in [1.82, 2.24) is 0 Å². The number of nitriles is 1. The van der Waals surface area contributed by atoms with Gasteiger partial charge in [0.05, 0.1) is 24.7 Å². The maximum Gasteiger partial charge on any atom is 0.170 e. The van der Waals surface area contributed by atoms with Gasteiger partial charge in [-0.3, -0.25) is 9.59 Å². The Morgan fingerprint density at radius 3 is 2.47 bits per heavy atom. The Bertz CT molecular complexity index is 443. The van der Waals surface area contributed by atoms with Crippen LogP contribution < -0.4 is 0 Å². The Balaban J connectivity index is 2.58. The van der Waals surface area contributed by atoms with Crippen molar-refractivity contribution in [3.05, 3.63) is 35.4 Å². The summed E-state index contributed by atoms with van der Waals surface area (Å²) in [5.74, 6) is -0.364. The van der Waals surface area contributed by atoms with Crippen LogP contribution in [0.1, 0.15) is 28.8 Å². The van der Waals surface area contributed by atoms with E-state index in [0.29, 0.717) is 17.7 Å². The first kappa shape index (κ1) is 13.1. The van der Waals surface area contributed by atoms with Crippen molar-refractivity contribution in [2.24, 2.45) is 0 Å². The molecule has 0 unspecified atom stereocenters. The van der Waals surface area contributed by atoms with Crippen molar-refractivity contribution in [2.75, 3.05) is 13.7 Å². The Morgan fingerprint density at radius 1 is 1.29 bits per heavy atom. The van der Waals surface area contributed by atoms with Crippen LogP contribution in [0.15, 0.2) is 24.3 Å². The first-order valence-electron chi connectivity index (χ1n) is 5.21. The van der Waals surface area contributed by atoms with Gasteiger partial charge in [-0.25, -0.2) is 0 Å². The van der Waals surface area contributed by atoms with Gasteiger partial charge in [0.2, 0.25) is 0 Å². The lowest BCUT2D eigenvalue weighted by Crippen LogP contribution is -2.10. The van der Waals surface area contributed by atoms with Gasteiger partial charge in [-0.2, -0.15) is 5.26 Å². The number of carbonyl (C=O) groups excluding carboxylic acids is 2. The third-order valence-corrected chi connectivity index (χ3v) is 2.28. The fourth-order valence-electron chi connectivity index (χ4n) is 1.32. The summed E-state index contributed by atoms with van der Waals surface area (Å²) < 4.78 is 4.76. The highest BCUT2D eigenvalue weighted by Gasteiger charge is 2.11. The molecule has 0 bridgehead atoms. The topological polar surface area (TPSA) is 67.2 Å². The Labute approximate surface area is 99.8 Å². The minimum absolute atomic E-state index is 0.116. The molecule has 0 saturated heterocycles. The second-order valence-electron chi connectivity index (χ2n) is 3.57. The summed E-state index contributed by atoms with van der Waals surface area (Å²) in [5.41, 5.74) is 0.946. The summed E-state index contributed by atoms with van der Waals surface area (Å²) in [4.78, 5) is 23.0. The molecule has 88 valence electrons. The fraction of sp³-hybridized carbons (Fsp3) is 0.308. The van der Waals surface area contributed by atoms with Gasteiger partial charge in [0.1, 0.15) is 5.78 Å². The van der Waals surface area contributed by atoms with E-state index in [2.05, 4.69) is 0 Å². The van der Waals surface area contributed by atoms with E-state index < -0.39 is 0 Å². The van der Waals surface area contributed by atoms with Crippen molar-refractivity contribution < 1.29 is 14.3 Å². The van der Waals surface area contributed by atoms with Crippen molar-refractivity contribution in [3.63, 3.8) is 0 Å². The zero-order chi connectivity index (χ0) is 12.7. The van der Waals surface area contributed by atoms with E-state index in [-0.39, 0.29) is 24.4 Å². The van der Waals surface area contributed by atoms with Crippen LogP contribution in [-0.4, -0.2) is 25.3 Å². The summed E-state index contributed by atoms with van der Waals surface area (Å²) in [7, 11) is 1.51. The number of hydrogen-bond acceptors (Lipinski definition) is 4. The van der Waals surface area contributed by atoms with E-state index in [9.17, 15) is 9.59 Å². The second-order valence-corrected chi connectivity index (χ2v) is 3.57. The summed E-state index contributed by atoms with van der Waals surface area (Å²) in [6.45, 7) is 0.333. The van der Waals surface area contributed by atoms with Crippen LogP contribution in [0.3, 0.4) is 0 Å². The second kappa shape index (κ2) is 6.56. The van der Waals surface area contributed by atoms with Crippen LogP contribution in [0.5, 0.6) is 0 Å². The van der Waals surface area contributed by atoms with E-state index in [1.165, 1.54) is 7.11 Å². The molecule has 0 aromatic heterocycles. The largest absolute Gasteiger partial charge is 0.384 e.